The smallest absolute Gasteiger partial charge is 0.234 e. The first-order valence-corrected chi connectivity index (χ1v) is 14.7. The van der Waals surface area contributed by atoms with Crippen molar-refractivity contribution in [3.8, 4) is 17.6 Å². The van der Waals surface area contributed by atoms with Crippen molar-refractivity contribution in [2.45, 2.75) is 29.5 Å². The zero-order valence-corrected chi connectivity index (χ0v) is 24.5. The highest BCUT2D eigenvalue weighted by atomic mass is 35.5. The first kappa shape index (κ1) is 28.5. The van der Waals surface area contributed by atoms with Crippen molar-refractivity contribution in [2.75, 3.05) is 30.2 Å². The normalized spacial score (nSPS) is 16.8. The van der Waals surface area contributed by atoms with Crippen LogP contribution in [0.25, 0.3) is 0 Å². The van der Waals surface area contributed by atoms with Crippen LogP contribution in [-0.4, -0.2) is 41.9 Å². The molecule has 41 heavy (non-hydrogen) atoms. The zero-order chi connectivity index (χ0) is 29.1. The molecule has 1 aliphatic heterocycles. The highest BCUT2D eigenvalue weighted by molar-refractivity contribution is 8.01. The van der Waals surface area contributed by atoms with Gasteiger partial charge in [0.15, 0.2) is 10.1 Å². The van der Waals surface area contributed by atoms with Crippen molar-refractivity contribution >= 4 is 57.2 Å². The molecule has 2 heterocycles. The van der Waals surface area contributed by atoms with Gasteiger partial charge < -0.3 is 20.5 Å². The summed E-state index contributed by atoms with van der Waals surface area (Å²) in [6.45, 7) is 0. The summed E-state index contributed by atoms with van der Waals surface area (Å²) < 4.78 is 11.1. The van der Waals surface area contributed by atoms with E-state index in [1.165, 1.54) is 30.2 Å². The van der Waals surface area contributed by atoms with E-state index in [4.69, 9.17) is 26.8 Å². The van der Waals surface area contributed by atoms with Crippen molar-refractivity contribution in [1.29, 1.82) is 5.26 Å². The largest absolute Gasteiger partial charge is 0.497 e. The molecule has 210 valence electrons. The van der Waals surface area contributed by atoms with Crippen molar-refractivity contribution in [2.24, 2.45) is 5.73 Å². The molecule has 10 nitrogen and oxygen atoms in total. The SMILES string of the molecule is COc1ccc(C2C(C#N)=C(N)N(c3nnc(SCC(=O)Nc4cc(Cl)ccc4OC)s3)C3=C2C(=O)CCC3)cc1. The number of nitrogens with two attached hydrogens (primary N) is 1. The number of nitriles is 1. The van der Waals surface area contributed by atoms with Gasteiger partial charge in [0.1, 0.15) is 17.3 Å². The summed E-state index contributed by atoms with van der Waals surface area (Å²) in [5.74, 6) is 0.548. The summed E-state index contributed by atoms with van der Waals surface area (Å²) >= 11 is 8.49. The molecule has 1 atom stereocenters. The molecule has 5 rings (SSSR count). The minimum atomic E-state index is -0.584. The summed E-state index contributed by atoms with van der Waals surface area (Å²) in [5, 5.41) is 22.4. The lowest BCUT2D eigenvalue weighted by atomic mass is 9.76. The van der Waals surface area contributed by atoms with Gasteiger partial charge in [-0.15, -0.1) is 10.2 Å². The van der Waals surface area contributed by atoms with Crippen LogP contribution in [-0.2, 0) is 9.59 Å². The van der Waals surface area contributed by atoms with Gasteiger partial charge in [-0.2, -0.15) is 5.26 Å². The first-order valence-electron chi connectivity index (χ1n) is 12.5. The van der Waals surface area contributed by atoms with Gasteiger partial charge in [-0.25, -0.2) is 0 Å². The summed E-state index contributed by atoms with van der Waals surface area (Å²) in [5.41, 5.74) is 9.40. The van der Waals surface area contributed by atoms with Crippen LogP contribution in [0.15, 0.2) is 69.5 Å². The highest BCUT2D eigenvalue weighted by Gasteiger charge is 2.41. The van der Waals surface area contributed by atoms with Crippen molar-refractivity contribution < 1.29 is 19.1 Å². The van der Waals surface area contributed by atoms with Crippen LogP contribution in [0.3, 0.4) is 0 Å². The number of rotatable bonds is 8. The van der Waals surface area contributed by atoms with Gasteiger partial charge >= 0.3 is 0 Å². The lowest BCUT2D eigenvalue weighted by molar-refractivity contribution is -0.116. The predicted molar refractivity (Wildman–Crippen MR) is 158 cm³/mol. The Hall–Kier alpha value is -4.05. The van der Waals surface area contributed by atoms with Crippen LogP contribution in [0.1, 0.15) is 30.7 Å². The second kappa shape index (κ2) is 12.2. The quantitative estimate of drug-likeness (QED) is 0.326. The molecular weight excluding hydrogens is 584 g/mol. The van der Waals surface area contributed by atoms with Crippen molar-refractivity contribution in [3.05, 3.63) is 75.7 Å². The average molecular weight is 609 g/mol. The van der Waals surface area contributed by atoms with Gasteiger partial charge in [-0.3, -0.25) is 14.5 Å². The highest BCUT2D eigenvalue weighted by Crippen LogP contribution is 2.47. The van der Waals surface area contributed by atoms with E-state index >= 15 is 0 Å². The minimum Gasteiger partial charge on any atom is -0.497 e. The summed E-state index contributed by atoms with van der Waals surface area (Å²) in [6.07, 6.45) is 1.65. The number of halogens is 1. The Balaban J connectivity index is 1.40. The monoisotopic (exact) mass is 608 g/mol. The van der Waals surface area contributed by atoms with Crippen molar-refractivity contribution in [3.63, 3.8) is 0 Å². The van der Waals surface area contributed by atoms with Crippen LogP contribution in [0.2, 0.25) is 5.02 Å². The number of allylic oxidation sites excluding steroid dienone is 3. The number of carbonyl (C=O) groups excluding carboxylic acids is 2. The molecule has 0 radical (unpaired) electrons. The number of aromatic nitrogens is 2. The van der Waals surface area contributed by atoms with E-state index in [2.05, 4.69) is 21.6 Å². The van der Waals surface area contributed by atoms with E-state index in [9.17, 15) is 14.9 Å². The number of anilines is 2. The molecule has 2 aromatic carbocycles. The molecule has 3 aromatic rings. The molecule has 0 fully saturated rings. The average Bonchev–Trinajstić information content (AvgIpc) is 3.44. The van der Waals surface area contributed by atoms with Gasteiger partial charge in [-0.1, -0.05) is 46.8 Å². The third kappa shape index (κ3) is 5.74. The number of amides is 1. The Morgan fingerprint density at radius 1 is 1.22 bits per heavy atom. The molecule has 1 aliphatic carbocycles. The number of nitrogens with one attached hydrogen (secondary N) is 1. The van der Waals surface area contributed by atoms with Crippen LogP contribution in [0.4, 0.5) is 10.8 Å². The molecule has 1 aromatic heterocycles. The van der Waals surface area contributed by atoms with Crippen LogP contribution in [0.5, 0.6) is 11.5 Å². The topological polar surface area (TPSA) is 143 Å². The molecule has 0 spiro atoms. The van der Waals surface area contributed by atoms with Gasteiger partial charge in [0, 0.05) is 22.7 Å². The third-order valence-corrected chi connectivity index (χ3v) is 8.99. The number of methoxy groups -OCH3 is 2. The molecule has 0 saturated heterocycles. The van der Waals surface area contributed by atoms with Crippen LogP contribution in [0, 0.1) is 11.3 Å². The maximum atomic E-state index is 13.3. The van der Waals surface area contributed by atoms with Crippen molar-refractivity contribution in [1.82, 2.24) is 10.2 Å². The lowest BCUT2D eigenvalue weighted by Gasteiger charge is -2.38. The van der Waals surface area contributed by atoms with Gasteiger partial charge in [0.25, 0.3) is 0 Å². The fourth-order valence-corrected chi connectivity index (χ4v) is 6.73. The summed E-state index contributed by atoms with van der Waals surface area (Å²) in [6, 6.07) is 14.5. The zero-order valence-electron chi connectivity index (χ0n) is 22.1. The maximum Gasteiger partial charge on any atom is 0.234 e. The predicted octanol–water partition coefficient (Wildman–Crippen LogP) is 5.24. The number of benzene rings is 2. The molecule has 2 aliphatic rings. The summed E-state index contributed by atoms with van der Waals surface area (Å²) in [7, 11) is 3.09. The van der Waals surface area contributed by atoms with E-state index in [-0.39, 0.29) is 28.8 Å². The molecule has 0 bridgehead atoms. The third-order valence-electron chi connectivity index (χ3n) is 6.71. The number of hydrogen-bond donors (Lipinski definition) is 2. The number of Topliss-reactive ketones (excluding diaryl/α,β-unsaturated/α-hetero) is 1. The standard InChI is InChI=1S/C28H25ClN6O4S2/c1-38-17-9-6-15(7-10-17)24-18(13-30)26(31)35(20-4-3-5-21(36)25(20)24)27-33-34-28(41-27)40-14-23(37)32-19-12-16(29)8-11-22(19)39-2/h6-12,24H,3-5,14,31H2,1-2H3,(H,32,37). The number of ketones is 1. The lowest BCUT2D eigenvalue weighted by Crippen LogP contribution is -2.38. The first-order chi connectivity index (χ1) is 19.8. The molecule has 3 N–H and O–H groups in total. The Labute approximate surface area is 249 Å². The Morgan fingerprint density at radius 2 is 2.00 bits per heavy atom. The molecule has 1 unspecified atom stereocenters. The Kier molecular flexibility index (Phi) is 8.49. The van der Waals surface area contributed by atoms with Gasteiger partial charge in [0.05, 0.1) is 43.2 Å². The van der Waals surface area contributed by atoms with E-state index in [1.54, 1.807) is 42.3 Å². The van der Waals surface area contributed by atoms with Gasteiger partial charge in [0.2, 0.25) is 11.0 Å². The second-order valence-corrected chi connectivity index (χ2v) is 11.7. The van der Waals surface area contributed by atoms with E-state index in [0.29, 0.717) is 56.5 Å². The van der Waals surface area contributed by atoms with Crippen LogP contribution >= 0.6 is 34.7 Å². The molecule has 0 saturated carbocycles. The number of nitrogens with zero attached hydrogens (tertiary/aromatic N) is 4. The minimum absolute atomic E-state index is 0.0236. The van der Waals surface area contributed by atoms with E-state index in [0.717, 1.165) is 11.3 Å². The van der Waals surface area contributed by atoms with Gasteiger partial charge in [-0.05, 0) is 48.7 Å². The Morgan fingerprint density at radius 3 is 2.71 bits per heavy atom. The number of ether oxygens (including phenoxy) is 2. The van der Waals surface area contributed by atoms with E-state index in [1.807, 2.05) is 12.1 Å². The molecular formula is C28H25ClN6O4S2. The number of carbonyl (C=O) groups is 2. The Bertz CT molecular complexity index is 1610. The molecule has 1 amide bonds. The fourth-order valence-electron chi connectivity index (χ4n) is 4.88. The number of hydrogen-bond acceptors (Lipinski definition) is 11. The summed E-state index contributed by atoms with van der Waals surface area (Å²) in [4.78, 5) is 27.6. The molecule has 13 heteroatoms. The number of thioether (sulfide) groups is 1. The van der Waals surface area contributed by atoms with E-state index < -0.39 is 5.92 Å². The fraction of sp³-hybridized carbons (Fsp3) is 0.250. The van der Waals surface area contributed by atoms with Crippen LogP contribution < -0.4 is 25.4 Å². The second-order valence-electron chi connectivity index (χ2n) is 9.12. The maximum absolute atomic E-state index is 13.3.